The number of hydrogen-bond donors (Lipinski definition) is 0. The third-order valence-corrected chi connectivity index (χ3v) is 5.63. The highest BCUT2D eigenvalue weighted by Crippen LogP contribution is 2.28. The van der Waals surface area contributed by atoms with E-state index in [4.69, 9.17) is 4.74 Å². The summed E-state index contributed by atoms with van der Waals surface area (Å²) in [5, 5.41) is 4.51. The number of aryl methyl sites for hydroxylation is 2. The lowest BCUT2D eigenvalue weighted by Gasteiger charge is -2.34. The monoisotopic (exact) mass is 334 g/mol. The van der Waals surface area contributed by atoms with Crippen LogP contribution < -0.4 is 0 Å². The minimum Gasteiger partial charge on any atom is -0.379 e. The average Bonchev–Trinajstić information content (AvgIpc) is 3.16. The van der Waals surface area contributed by atoms with Crippen LogP contribution in [0.25, 0.3) is 0 Å². The van der Waals surface area contributed by atoms with E-state index in [-0.39, 0.29) is 5.91 Å². The van der Waals surface area contributed by atoms with Crippen LogP contribution in [-0.4, -0.2) is 70.9 Å². The molecule has 0 bridgehead atoms. The van der Waals surface area contributed by atoms with Crippen LogP contribution in [-0.2, 0) is 11.3 Å². The Labute approximate surface area is 144 Å². The molecule has 0 aromatic carbocycles. The molecule has 0 spiro atoms. The maximum atomic E-state index is 13.1. The highest BCUT2D eigenvalue weighted by atomic mass is 16.5. The van der Waals surface area contributed by atoms with Gasteiger partial charge in [-0.25, -0.2) is 0 Å². The average molecular weight is 334 g/mol. The molecule has 2 aliphatic heterocycles. The van der Waals surface area contributed by atoms with E-state index in [0.717, 1.165) is 69.3 Å². The fourth-order valence-electron chi connectivity index (χ4n) is 4.22. The Bertz CT molecular complexity index is 592. The van der Waals surface area contributed by atoms with Crippen LogP contribution in [0, 0.1) is 19.8 Å². The van der Waals surface area contributed by atoms with E-state index >= 15 is 0 Å². The predicted octanol–water partition coefficient (Wildman–Crippen LogP) is 1.70. The minimum atomic E-state index is 0.152. The lowest BCUT2D eigenvalue weighted by atomic mass is 9.99. The van der Waals surface area contributed by atoms with Crippen LogP contribution >= 0.6 is 0 Å². The standard InChI is InChI=1S/C18H30N4O2/c1-5-15-11-21(12-16(15)20-7-9-24-10-8-20)18(23)17-13(3)19-22(6-2)14(17)4/h15-16H,5-12H2,1-4H3/t15-,16-/m0/s1. The summed E-state index contributed by atoms with van der Waals surface area (Å²) in [6.07, 6.45) is 1.11. The van der Waals surface area contributed by atoms with Gasteiger partial charge in [0.25, 0.3) is 5.91 Å². The van der Waals surface area contributed by atoms with E-state index in [2.05, 4.69) is 23.8 Å². The molecule has 24 heavy (non-hydrogen) atoms. The van der Waals surface area contributed by atoms with Gasteiger partial charge >= 0.3 is 0 Å². The van der Waals surface area contributed by atoms with E-state index in [0.29, 0.717) is 12.0 Å². The van der Waals surface area contributed by atoms with Gasteiger partial charge in [0.1, 0.15) is 0 Å². The summed E-state index contributed by atoms with van der Waals surface area (Å²) >= 11 is 0. The summed E-state index contributed by atoms with van der Waals surface area (Å²) in [4.78, 5) is 17.7. The molecule has 0 unspecified atom stereocenters. The van der Waals surface area contributed by atoms with Gasteiger partial charge in [-0.15, -0.1) is 0 Å². The molecule has 2 aliphatic rings. The van der Waals surface area contributed by atoms with E-state index in [1.807, 2.05) is 23.4 Å². The van der Waals surface area contributed by atoms with Gasteiger partial charge in [0.2, 0.25) is 0 Å². The van der Waals surface area contributed by atoms with Crippen LogP contribution in [0.2, 0.25) is 0 Å². The molecule has 1 aromatic heterocycles. The minimum absolute atomic E-state index is 0.152. The van der Waals surface area contributed by atoms with E-state index < -0.39 is 0 Å². The molecule has 1 amide bonds. The first kappa shape index (κ1) is 17.4. The fourth-order valence-corrected chi connectivity index (χ4v) is 4.22. The number of rotatable bonds is 4. The molecule has 134 valence electrons. The lowest BCUT2D eigenvalue weighted by Crippen LogP contribution is -2.47. The zero-order chi connectivity index (χ0) is 17.3. The number of hydrogen-bond acceptors (Lipinski definition) is 4. The molecule has 1 aromatic rings. The van der Waals surface area contributed by atoms with Crippen molar-refractivity contribution in [3.05, 3.63) is 17.0 Å². The molecule has 6 heteroatoms. The molecule has 2 fully saturated rings. The number of morpholine rings is 1. The molecule has 6 nitrogen and oxygen atoms in total. The number of aromatic nitrogens is 2. The van der Waals surface area contributed by atoms with Gasteiger partial charge in [0, 0.05) is 44.5 Å². The summed E-state index contributed by atoms with van der Waals surface area (Å²) in [6.45, 7) is 14.3. The van der Waals surface area contributed by atoms with E-state index in [1.165, 1.54) is 0 Å². The highest BCUT2D eigenvalue weighted by molar-refractivity contribution is 5.96. The Morgan fingerprint density at radius 3 is 2.50 bits per heavy atom. The van der Waals surface area contributed by atoms with Crippen LogP contribution in [0.3, 0.4) is 0 Å². The Hall–Kier alpha value is -1.40. The van der Waals surface area contributed by atoms with E-state index in [1.54, 1.807) is 0 Å². The van der Waals surface area contributed by atoms with Crippen molar-refractivity contribution < 1.29 is 9.53 Å². The topological polar surface area (TPSA) is 50.6 Å². The van der Waals surface area contributed by atoms with Crippen LogP contribution in [0.5, 0.6) is 0 Å². The summed E-state index contributed by atoms with van der Waals surface area (Å²) in [5.41, 5.74) is 2.64. The van der Waals surface area contributed by atoms with Crippen molar-refractivity contribution in [2.75, 3.05) is 39.4 Å². The molecule has 3 heterocycles. The Morgan fingerprint density at radius 2 is 1.92 bits per heavy atom. The molecule has 0 saturated carbocycles. The summed E-state index contributed by atoms with van der Waals surface area (Å²) < 4.78 is 7.41. The number of carbonyl (C=O) groups excluding carboxylic acids is 1. The van der Waals surface area contributed by atoms with Gasteiger partial charge < -0.3 is 9.64 Å². The second kappa shape index (κ2) is 7.23. The van der Waals surface area contributed by atoms with E-state index in [9.17, 15) is 4.79 Å². The maximum absolute atomic E-state index is 13.1. The number of nitrogens with zero attached hydrogens (tertiary/aromatic N) is 4. The molecular weight excluding hydrogens is 304 g/mol. The molecular formula is C18H30N4O2. The zero-order valence-corrected chi connectivity index (χ0v) is 15.4. The number of ether oxygens (including phenoxy) is 1. The molecule has 2 atom stereocenters. The first-order valence-corrected chi connectivity index (χ1v) is 9.21. The smallest absolute Gasteiger partial charge is 0.257 e. The van der Waals surface area contributed by atoms with Crippen molar-refractivity contribution in [2.45, 2.75) is 46.7 Å². The number of carbonyl (C=O) groups is 1. The van der Waals surface area contributed by atoms with Crippen molar-refractivity contribution in [3.8, 4) is 0 Å². The summed E-state index contributed by atoms with van der Waals surface area (Å²) in [5.74, 6) is 0.702. The Kier molecular flexibility index (Phi) is 5.25. The molecule has 2 saturated heterocycles. The third-order valence-electron chi connectivity index (χ3n) is 5.63. The van der Waals surface area contributed by atoms with Crippen molar-refractivity contribution in [1.82, 2.24) is 19.6 Å². The molecule has 0 N–H and O–H groups in total. The van der Waals surface area contributed by atoms with Gasteiger partial charge in [-0.1, -0.05) is 13.3 Å². The second-order valence-corrected chi connectivity index (χ2v) is 6.96. The summed E-state index contributed by atoms with van der Waals surface area (Å²) in [6, 6.07) is 0.463. The Balaban J connectivity index is 1.77. The normalized spacial score (nSPS) is 25.4. The highest BCUT2D eigenvalue weighted by Gasteiger charge is 2.39. The van der Waals surface area contributed by atoms with Crippen LogP contribution in [0.4, 0.5) is 0 Å². The first-order valence-electron chi connectivity index (χ1n) is 9.21. The first-order chi connectivity index (χ1) is 11.6. The molecule has 0 radical (unpaired) electrons. The van der Waals surface area contributed by atoms with Crippen molar-refractivity contribution in [2.24, 2.45) is 5.92 Å². The zero-order valence-electron chi connectivity index (χ0n) is 15.4. The van der Waals surface area contributed by atoms with Crippen LogP contribution in [0.1, 0.15) is 42.0 Å². The molecule has 3 rings (SSSR count). The summed E-state index contributed by atoms with van der Waals surface area (Å²) in [7, 11) is 0. The fraction of sp³-hybridized carbons (Fsp3) is 0.778. The van der Waals surface area contributed by atoms with Gasteiger partial charge in [-0.2, -0.15) is 5.10 Å². The van der Waals surface area contributed by atoms with Crippen molar-refractivity contribution >= 4 is 5.91 Å². The van der Waals surface area contributed by atoms with Crippen LogP contribution in [0.15, 0.2) is 0 Å². The second-order valence-electron chi connectivity index (χ2n) is 6.96. The van der Waals surface area contributed by atoms with Gasteiger partial charge in [0.15, 0.2) is 0 Å². The van der Waals surface area contributed by atoms with Gasteiger partial charge in [0.05, 0.1) is 24.5 Å². The maximum Gasteiger partial charge on any atom is 0.257 e. The third kappa shape index (κ3) is 3.09. The Morgan fingerprint density at radius 1 is 1.21 bits per heavy atom. The molecule has 0 aliphatic carbocycles. The quantitative estimate of drug-likeness (QED) is 0.841. The van der Waals surface area contributed by atoms with Gasteiger partial charge in [-0.3, -0.25) is 14.4 Å². The predicted molar refractivity (Wildman–Crippen MR) is 93.2 cm³/mol. The van der Waals surface area contributed by atoms with Gasteiger partial charge in [-0.05, 0) is 26.7 Å². The number of likely N-dealkylation sites (tertiary alicyclic amines) is 1. The largest absolute Gasteiger partial charge is 0.379 e. The SMILES string of the molecule is CC[C@H]1CN(C(=O)c2c(C)nn(CC)c2C)C[C@@H]1N1CCOCC1. The van der Waals surface area contributed by atoms with Crippen molar-refractivity contribution in [3.63, 3.8) is 0 Å². The number of amides is 1. The van der Waals surface area contributed by atoms with Crippen molar-refractivity contribution in [1.29, 1.82) is 0 Å². The lowest BCUT2D eigenvalue weighted by molar-refractivity contribution is 0.0103.